The van der Waals surface area contributed by atoms with E-state index >= 15 is 0 Å². The Bertz CT molecular complexity index is 502. The molecule has 1 heterocycles. The summed E-state index contributed by atoms with van der Waals surface area (Å²) in [6.07, 6.45) is 4.92. The van der Waals surface area contributed by atoms with E-state index in [1.807, 2.05) is 0 Å². The molecule has 3 heteroatoms. The zero-order valence-electron chi connectivity index (χ0n) is 12.5. The van der Waals surface area contributed by atoms with Crippen LogP contribution in [0, 0.1) is 6.92 Å². The third-order valence-electron chi connectivity index (χ3n) is 3.37. The predicted molar refractivity (Wildman–Crippen MR) is 88.4 cm³/mol. The first kappa shape index (κ1) is 15.2. The fourth-order valence-electron chi connectivity index (χ4n) is 2.10. The summed E-state index contributed by atoms with van der Waals surface area (Å²) < 4.78 is 0. The van der Waals surface area contributed by atoms with Gasteiger partial charge in [-0.25, -0.2) is 4.98 Å². The van der Waals surface area contributed by atoms with Crippen LogP contribution in [0.1, 0.15) is 36.8 Å². The maximum atomic E-state index is 4.72. The van der Waals surface area contributed by atoms with Crippen molar-refractivity contribution < 1.29 is 0 Å². The Morgan fingerprint density at radius 2 is 1.90 bits per heavy atom. The van der Waals surface area contributed by atoms with Gasteiger partial charge in [0.25, 0.3) is 0 Å². The van der Waals surface area contributed by atoms with Crippen molar-refractivity contribution >= 4 is 11.3 Å². The van der Waals surface area contributed by atoms with Crippen LogP contribution in [0.25, 0.3) is 11.3 Å². The van der Waals surface area contributed by atoms with E-state index < -0.39 is 0 Å². The molecule has 1 aromatic carbocycles. The highest BCUT2D eigenvalue weighted by Gasteiger charge is 2.04. The smallest absolute Gasteiger partial charge is 0.0945 e. The number of aryl methyl sites for hydroxylation is 1. The van der Waals surface area contributed by atoms with Gasteiger partial charge in [0.1, 0.15) is 0 Å². The molecule has 0 saturated carbocycles. The van der Waals surface area contributed by atoms with E-state index in [9.17, 15) is 0 Å². The lowest BCUT2D eigenvalue weighted by molar-refractivity contribution is 0.616. The topological polar surface area (TPSA) is 24.9 Å². The summed E-state index contributed by atoms with van der Waals surface area (Å²) in [5.74, 6) is 0. The molecule has 108 valence electrons. The predicted octanol–water partition coefficient (Wildman–Crippen LogP) is 4.44. The lowest BCUT2D eigenvalue weighted by Gasteiger charge is -2.02. The van der Waals surface area contributed by atoms with Gasteiger partial charge in [-0.1, -0.05) is 49.6 Å². The Balaban J connectivity index is 1.79. The quantitative estimate of drug-likeness (QED) is 0.726. The standard InChI is InChI=1S/C17H24N2S/c1-3-4-5-11-18-12-10-17-19-16(13-20-17)15-8-6-14(2)7-9-15/h6-9,13,18H,3-5,10-12H2,1-2H3. The Morgan fingerprint density at radius 3 is 2.65 bits per heavy atom. The van der Waals surface area contributed by atoms with Gasteiger partial charge in [-0.05, 0) is 19.9 Å². The van der Waals surface area contributed by atoms with Gasteiger partial charge < -0.3 is 5.32 Å². The molecular weight excluding hydrogens is 264 g/mol. The van der Waals surface area contributed by atoms with Gasteiger partial charge in [-0.3, -0.25) is 0 Å². The number of aromatic nitrogens is 1. The van der Waals surface area contributed by atoms with Crippen molar-refractivity contribution in [1.29, 1.82) is 0 Å². The number of thiazole rings is 1. The first-order chi connectivity index (χ1) is 9.79. The number of hydrogen-bond donors (Lipinski definition) is 1. The van der Waals surface area contributed by atoms with Crippen molar-refractivity contribution in [2.45, 2.75) is 39.5 Å². The molecule has 2 rings (SSSR count). The zero-order chi connectivity index (χ0) is 14.2. The molecule has 0 aliphatic rings. The third kappa shape index (κ3) is 4.73. The maximum absolute atomic E-state index is 4.72. The maximum Gasteiger partial charge on any atom is 0.0945 e. The first-order valence-electron chi connectivity index (χ1n) is 7.51. The summed E-state index contributed by atoms with van der Waals surface area (Å²) in [7, 11) is 0. The second kappa shape index (κ2) is 8.18. The number of benzene rings is 1. The molecule has 0 atom stereocenters. The largest absolute Gasteiger partial charge is 0.316 e. The van der Waals surface area contributed by atoms with Crippen molar-refractivity contribution in [1.82, 2.24) is 10.3 Å². The number of hydrogen-bond acceptors (Lipinski definition) is 3. The molecule has 0 spiro atoms. The van der Waals surface area contributed by atoms with E-state index in [-0.39, 0.29) is 0 Å². The van der Waals surface area contributed by atoms with E-state index in [4.69, 9.17) is 4.98 Å². The molecular formula is C17H24N2S. The highest BCUT2D eigenvalue weighted by Crippen LogP contribution is 2.22. The summed E-state index contributed by atoms with van der Waals surface area (Å²) in [5, 5.41) is 6.88. The molecule has 0 bridgehead atoms. The third-order valence-corrected chi connectivity index (χ3v) is 4.28. The van der Waals surface area contributed by atoms with Crippen LogP contribution in [0.2, 0.25) is 0 Å². The van der Waals surface area contributed by atoms with Gasteiger partial charge >= 0.3 is 0 Å². The highest BCUT2D eigenvalue weighted by molar-refractivity contribution is 7.09. The van der Waals surface area contributed by atoms with E-state index in [0.717, 1.165) is 25.2 Å². The number of nitrogens with one attached hydrogen (secondary N) is 1. The molecule has 1 N–H and O–H groups in total. The SMILES string of the molecule is CCCCCNCCc1nc(-c2ccc(C)cc2)cs1. The van der Waals surface area contributed by atoms with E-state index in [1.165, 1.54) is 35.4 Å². The van der Waals surface area contributed by atoms with Crippen molar-refractivity contribution in [2.24, 2.45) is 0 Å². The van der Waals surface area contributed by atoms with Crippen LogP contribution in [-0.4, -0.2) is 18.1 Å². The summed E-state index contributed by atoms with van der Waals surface area (Å²) in [5.41, 5.74) is 3.62. The van der Waals surface area contributed by atoms with Crippen LogP contribution in [0.5, 0.6) is 0 Å². The Labute approximate surface area is 126 Å². The van der Waals surface area contributed by atoms with E-state index in [2.05, 4.69) is 48.8 Å². The van der Waals surface area contributed by atoms with Crippen LogP contribution >= 0.6 is 11.3 Å². The average Bonchev–Trinajstić information content (AvgIpc) is 2.92. The minimum atomic E-state index is 1.03. The van der Waals surface area contributed by atoms with E-state index in [0.29, 0.717) is 0 Å². The summed E-state index contributed by atoms with van der Waals surface area (Å²) >= 11 is 1.77. The van der Waals surface area contributed by atoms with Crippen molar-refractivity contribution in [3.63, 3.8) is 0 Å². The Kier molecular flexibility index (Phi) is 6.22. The second-order valence-electron chi connectivity index (χ2n) is 5.20. The van der Waals surface area contributed by atoms with Crippen LogP contribution in [0.4, 0.5) is 0 Å². The lowest BCUT2D eigenvalue weighted by atomic mass is 10.1. The molecule has 0 aliphatic heterocycles. The minimum absolute atomic E-state index is 1.03. The van der Waals surface area contributed by atoms with Crippen LogP contribution in [0.15, 0.2) is 29.6 Å². The molecule has 0 aliphatic carbocycles. The van der Waals surface area contributed by atoms with Gasteiger partial charge in [0.15, 0.2) is 0 Å². The summed E-state index contributed by atoms with van der Waals surface area (Å²) in [6, 6.07) is 8.58. The fourth-order valence-corrected chi connectivity index (χ4v) is 2.91. The Hall–Kier alpha value is -1.19. The number of nitrogens with zero attached hydrogens (tertiary/aromatic N) is 1. The van der Waals surface area contributed by atoms with Crippen molar-refractivity contribution in [3.05, 3.63) is 40.2 Å². The van der Waals surface area contributed by atoms with Crippen LogP contribution in [0.3, 0.4) is 0 Å². The molecule has 0 radical (unpaired) electrons. The van der Waals surface area contributed by atoms with Crippen LogP contribution in [-0.2, 0) is 6.42 Å². The van der Waals surface area contributed by atoms with Crippen molar-refractivity contribution in [3.8, 4) is 11.3 Å². The van der Waals surface area contributed by atoms with Gasteiger partial charge in [0.05, 0.1) is 10.7 Å². The monoisotopic (exact) mass is 288 g/mol. The molecule has 20 heavy (non-hydrogen) atoms. The Morgan fingerprint density at radius 1 is 1.10 bits per heavy atom. The van der Waals surface area contributed by atoms with Gasteiger partial charge in [-0.2, -0.15) is 0 Å². The lowest BCUT2D eigenvalue weighted by Crippen LogP contribution is -2.18. The normalized spacial score (nSPS) is 10.9. The van der Waals surface area contributed by atoms with Crippen LogP contribution < -0.4 is 5.32 Å². The van der Waals surface area contributed by atoms with Gasteiger partial charge in [-0.15, -0.1) is 11.3 Å². The minimum Gasteiger partial charge on any atom is -0.316 e. The first-order valence-corrected chi connectivity index (χ1v) is 8.39. The summed E-state index contributed by atoms with van der Waals surface area (Å²) in [6.45, 7) is 6.51. The molecule has 0 saturated heterocycles. The van der Waals surface area contributed by atoms with Gasteiger partial charge in [0, 0.05) is 23.9 Å². The molecule has 2 aromatic rings. The molecule has 0 unspecified atom stereocenters. The van der Waals surface area contributed by atoms with E-state index in [1.54, 1.807) is 11.3 Å². The molecule has 1 aromatic heterocycles. The molecule has 0 amide bonds. The summed E-state index contributed by atoms with van der Waals surface area (Å²) in [4.78, 5) is 4.72. The fraction of sp³-hybridized carbons (Fsp3) is 0.471. The average molecular weight is 288 g/mol. The molecule has 2 nitrogen and oxygen atoms in total. The number of unbranched alkanes of at least 4 members (excludes halogenated alkanes) is 2. The highest BCUT2D eigenvalue weighted by atomic mass is 32.1. The second-order valence-corrected chi connectivity index (χ2v) is 6.14. The number of rotatable bonds is 8. The van der Waals surface area contributed by atoms with Crippen molar-refractivity contribution in [2.75, 3.05) is 13.1 Å². The molecule has 0 fully saturated rings. The van der Waals surface area contributed by atoms with Gasteiger partial charge in [0.2, 0.25) is 0 Å². The zero-order valence-corrected chi connectivity index (χ0v) is 13.3.